The lowest BCUT2D eigenvalue weighted by molar-refractivity contribution is -0.115. The van der Waals surface area contributed by atoms with E-state index < -0.39 is 0 Å². The van der Waals surface area contributed by atoms with Gasteiger partial charge in [-0.05, 0) is 58.8 Å². The SMILES string of the molecule is CCc1cccc(NC(=O)CNC(=O)c2ccccc2I)c1. The van der Waals surface area contributed by atoms with Crippen LogP contribution in [0, 0.1) is 3.57 Å². The zero-order chi connectivity index (χ0) is 15.9. The summed E-state index contributed by atoms with van der Waals surface area (Å²) in [7, 11) is 0. The molecule has 22 heavy (non-hydrogen) atoms. The molecule has 2 aromatic carbocycles. The summed E-state index contributed by atoms with van der Waals surface area (Å²) in [6.07, 6.45) is 0.910. The lowest BCUT2D eigenvalue weighted by Gasteiger charge is -2.09. The smallest absolute Gasteiger partial charge is 0.252 e. The first-order valence-electron chi connectivity index (χ1n) is 7.01. The predicted octanol–water partition coefficient (Wildman–Crippen LogP) is 3.22. The first-order valence-corrected chi connectivity index (χ1v) is 8.09. The number of aryl methyl sites for hydroxylation is 1. The van der Waals surface area contributed by atoms with Crippen molar-refractivity contribution in [2.45, 2.75) is 13.3 Å². The van der Waals surface area contributed by atoms with Crippen LogP contribution in [0.25, 0.3) is 0 Å². The summed E-state index contributed by atoms with van der Waals surface area (Å²) in [4.78, 5) is 23.9. The van der Waals surface area contributed by atoms with Gasteiger partial charge in [-0.2, -0.15) is 0 Å². The van der Waals surface area contributed by atoms with Gasteiger partial charge in [0.1, 0.15) is 0 Å². The van der Waals surface area contributed by atoms with Crippen LogP contribution in [0.2, 0.25) is 0 Å². The lowest BCUT2D eigenvalue weighted by atomic mass is 10.1. The lowest BCUT2D eigenvalue weighted by Crippen LogP contribution is -2.33. The zero-order valence-corrected chi connectivity index (χ0v) is 14.4. The Hall–Kier alpha value is -1.89. The van der Waals surface area contributed by atoms with E-state index in [4.69, 9.17) is 0 Å². The molecule has 2 amide bonds. The van der Waals surface area contributed by atoms with Gasteiger partial charge in [0.25, 0.3) is 5.91 Å². The van der Waals surface area contributed by atoms with Crippen molar-refractivity contribution in [3.63, 3.8) is 0 Å². The van der Waals surface area contributed by atoms with Crippen molar-refractivity contribution in [2.75, 3.05) is 11.9 Å². The Morgan fingerprint density at radius 1 is 1.09 bits per heavy atom. The van der Waals surface area contributed by atoms with Crippen LogP contribution in [0.1, 0.15) is 22.8 Å². The standard InChI is InChI=1S/C17H17IN2O2/c1-2-12-6-5-7-13(10-12)20-16(21)11-19-17(22)14-8-3-4-9-15(14)18/h3-10H,2,11H2,1H3,(H,19,22)(H,20,21). The minimum atomic E-state index is -0.248. The van der Waals surface area contributed by atoms with Gasteiger partial charge in [-0.3, -0.25) is 9.59 Å². The van der Waals surface area contributed by atoms with Gasteiger partial charge >= 0.3 is 0 Å². The number of rotatable bonds is 5. The summed E-state index contributed by atoms with van der Waals surface area (Å²) in [5.74, 6) is -0.491. The van der Waals surface area contributed by atoms with Crippen LogP contribution < -0.4 is 10.6 Å². The van der Waals surface area contributed by atoms with Crippen molar-refractivity contribution in [3.05, 3.63) is 63.2 Å². The van der Waals surface area contributed by atoms with Gasteiger partial charge in [0.15, 0.2) is 0 Å². The first-order chi connectivity index (χ1) is 10.6. The quantitative estimate of drug-likeness (QED) is 0.747. The third-order valence-electron chi connectivity index (χ3n) is 3.15. The molecule has 5 heteroatoms. The fourth-order valence-electron chi connectivity index (χ4n) is 1.98. The van der Waals surface area contributed by atoms with Gasteiger partial charge in [0, 0.05) is 9.26 Å². The molecule has 0 aliphatic carbocycles. The van der Waals surface area contributed by atoms with Crippen LogP contribution in [0.3, 0.4) is 0 Å². The van der Waals surface area contributed by atoms with Crippen molar-refractivity contribution in [1.29, 1.82) is 0 Å². The van der Waals surface area contributed by atoms with Crippen LogP contribution in [0.5, 0.6) is 0 Å². The van der Waals surface area contributed by atoms with Gasteiger partial charge in [-0.15, -0.1) is 0 Å². The van der Waals surface area contributed by atoms with Crippen LogP contribution in [-0.4, -0.2) is 18.4 Å². The van der Waals surface area contributed by atoms with Crippen molar-refractivity contribution in [1.82, 2.24) is 5.32 Å². The summed E-state index contributed by atoms with van der Waals surface area (Å²) < 4.78 is 0.855. The number of anilines is 1. The summed E-state index contributed by atoms with van der Waals surface area (Å²) in [5, 5.41) is 5.42. The van der Waals surface area contributed by atoms with E-state index in [-0.39, 0.29) is 18.4 Å². The van der Waals surface area contributed by atoms with E-state index in [2.05, 4.69) is 40.1 Å². The van der Waals surface area contributed by atoms with Crippen molar-refractivity contribution < 1.29 is 9.59 Å². The number of nitrogens with one attached hydrogen (secondary N) is 2. The molecule has 0 aliphatic heterocycles. The van der Waals surface area contributed by atoms with Crippen LogP contribution in [0.4, 0.5) is 5.69 Å². The normalized spacial score (nSPS) is 10.1. The van der Waals surface area contributed by atoms with Gasteiger partial charge in [0.2, 0.25) is 5.91 Å². The van der Waals surface area contributed by atoms with Gasteiger partial charge in [-0.25, -0.2) is 0 Å². The predicted molar refractivity (Wildman–Crippen MR) is 95.9 cm³/mol. The van der Waals surface area contributed by atoms with E-state index >= 15 is 0 Å². The highest BCUT2D eigenvalue weighted by molar-refractivity contribution is 14.1. The third-order valence-corrected chi connectivity index (χ3v) is 4.09. The molecule has 0 aliphatic rings. The number of hydrogen-bond donors (Lipinski definition) is 2. The van der Waals surface area contributed by atoms with Crippen molar-refractivity contribution in [2.24, 2.45) is 0 Å². The highest BCUT2D eigenvalue weighted by Gasteiger charge is 2.10. The fraction of sp³-hybridized carbons (Fsp3) is 0.176. The van der Waals surface area contributed by atoms with E-state index in [0.717, 1.165) is 21.2 Å². The van der Waals surface area contributed by atoms with Crippen molar-refractivity contribution >= 4 is 40.1 Å². The molecule has 0 heterocycles. The summed E-state index contributed by atoms with van der Waals surface area (Å²) in [6, 6.07) is 14.9. The molecule has 0 unspecified atom stereocenters. The van der Waals surface area contributed by atoms with Gasteiger partial charge in [0.05, 0.1) is 12.1 Å². The largest absolute Gasteiger partial charge is 0.343 e. The second-order valence-electron chi connectivity index (χ2n) is 4.76. The summed E-state index contributed by atoms with van der Waals surface area (Å²) in [6.45, 7) is 2.00. The third kappa shape index (κ3) is 4.56. The molecule has 0 aromatic heterocycles. The molecule has 114 valence electrons. The average Bonchev–Trinajstić information content (AvgIpc) is 2.53. The Balaban J connectivity index is 1.90. The Bertz CT molecular complexity index is 686. The number of halogens is 1. The monoisotopic (exact) mass is 408 g/mol. The van der Waals surface area contributed by atoms with E-state index in [1.54, 1.807) is 12.1 Å². The average molecular weight is 408 g/mol. The second kappa shape index (κ2) is 7.93. The maximum Gasteiger partial charge on any atom is 0.252 e. The minimum Gasteiger partial charge on any atom is -0.343 e. The van der Waals surface area contributed by atoms with E-state index in [1.165, 1.54) is 0 Å². The van der Waals surface area contributed by atoms with E-state index in [1.807, 2.05) is 36.4 Å². The van der Waals surface area contributed by atoms with Crippen LogP contribution in [-0.2, 0) is 11.2 Å². The summed E-state index contributed by atoms with van der Waals surface area (Å²) in [5.41, 5.74) is 2.47. The molecule has 0 spiro atoms. The van der Waals surface area contributed by atoms with Crippen molar-refractivity contribution in [3.8, 4) is 0 Å². The Morgan fingerprint density at radius 3 is 2.59 bits per heavy atom. The number of amides is 2. The van der Waals surface area contributed by atoms with E-state index in [0.29, 0.717) is 5.56 Å². The molecule has 0 radical (unpaired) electrons. The summed E-state index contributed by atoms with van der Waals surface area (Å²) >= 11 is 2.10. The molecular formula is C17H17IN2O2. The molecule has 2 rings (SSSR count). The van der Waals surface area contributed by atoms with E-state index in [9.17, 15) is 9.59 Å². The molecule has 4 nitrogen and oxygen atoms in total. The zero-order valence-electron chi connectivity index (χ0n) is 12.2. The van der Waals surface area contributed by atoms with Gasteiger partial charge in [-0.1, -0.05) is 31.2 Å². The highest BCUT2D eigenvalue weighted by atomic mass is 127. The van der Waals surface area contributed by atoms with Gasteiger partial charge < -0.3 is 10.6 Å². The first kappa shape index (κ1) is 16.5. The number of carbonyl (C=O) groups excluding carboxylic acids is 2. The second-order valence-corrected chi connectivity index (χ2v) is 5.93. The Labute approximate surface area is 143 Å². The minimum absolute atomic E-state index is 0.0554. The molecule has 2 N–H and O–H groups in total. The molecule has 0 bridgehead atoms. The molecule has 0 atom stereocenters. The maximum atomic E-state index is 12.0. The number of hydrogen-bond acceptors (Lipinski definition) is 2. The topological polar surface area (TPSA) is 58.2 Å². The number of benzene rings is 2. The highest BCUT2D eigenvalue weighted by Crippen LogP contribution is 2.12. The Kier molecular flexibility index (Phi) is 5.94. The maximum absolute atomic E-state index is 12.0. The molecule has 0 fully saturated rings. The molecule has 0 saturated carbocycles. The van der Waals surface area contributed by atoms with Crippen LogP contribution in [0.15, 0.2) is 48.5 Å². The molecule has 2 aromatic rings. The Morgan fingerprint density at radius 2 is 1.86 bits per heavy atom. The fourth-order valence-corrected chi connectivity index (χ4v) is 2.61. The van der Waals surface area contributed by atoms with Crippen LogP contribution >= 0.6 is 22.6 Å². The number of carbonyl (C=O) groups is 2. The molecule has 0 saturated heterocycles. The molecular weight excluding hydrogens is 391 g/mol.